The number of carboxylic acids is 1. The molecule has 0 radical (unpaired) electrons. The number of nitrogens with zero attached hydrogens (tertiary/aromatic N) is 2. The van der Waals surface area contributed by atoms with Gasteiger partial charge in [-0.2, -0.15) is 5.26 Å². The quantitative estimate of drug-likeness (QED) is 0.494. The summed E-state index contributed by atoms with van der Waals surface area (Å²) < 4.78 is 0. The second-order valence-corrected chi connectivity index (χ2v) is 3.07. The fraction of sp³-hybridized carbons (Fsp3) is 0.111. The Balaban J connectivity index is 3.64. The van der Waals surface area contributed by atoms with Crippen LogP contribution in [0.3, 0.4) is 0 Å². The van der Waals surface area contributed by atoms with E-state index in [0.717, 1.165) is 6.07 Å². The van der Waals surface area contributed by atoms with Gasteiger partial charge in [-0.1, -0.05) is 6.07 Å². The van der Waals surface area contributed by atoms with Crippen molar-refractivity contribution in [3.63, 3.8) is 0 Å². The molecule has 0 bridgehead atoms. The Bertz CT molecular complexity index is 507. The lowest BCUT2D eigenvalue weighted by Gasteiger charge is -2.04. The van der Waals surface area contributed by atoms with Gasteiger partial charge in [-0.15, -0.1) is 11.6 Å². The van der Waals surface area contributed by atoms with E-state index in [0.29, 0.717) is 0 Å². The summed E-state index contributed by atoms with van der Waals surface area (Å²) in [5, 5.41) is 28.2. The number of halogens is 1. The van der Waals surface area contributed by atoms with Crippen molar-refractivity contribution in [1.82, 2.24) is 0 Å². The zero-order valence-electron chi connectivity index (χ0n) is 7.81. The Kier molecular flexibility index (Phi) is 3.43. The maximum Gasteiger partial charge on any atom is 0.337 e. The minimum absolute atomic E-state index is 0.131. The second kappa shape index (κ2) is 4.59. The third kappa shape index (κ3) is 1.94. The van der Waals surface area contributed by atoms with Gasteiger partial charge in [0.15, 0.2) is 0 Å². The van der Waals surface area contributed by atoms with Crippen LogP contribution in [0.1, 0.15) is 21.5 Å². The van der Waals surface area contributed by atoms with Crippen LogP contribution in [-0.2, 0) is 5.88 Å². The van der Waals surface area contributed by atoms with Crippen LogP contribution in [-0.4, -0.2) is 16.0 Å². The number of hydrogen-bond donors (Lipinski definition) is 1. The molecule has 0 spiro atoms. The lowest BCUT2D eigenvalue weighted by Crippen LogP contribution is -2.07. The average Bonchev–Trinajstić information content (AvgIpc) is 2.26. The van der Waals surface area contributed by atoms with Crippen molar-refractivity contribution in [2.75, 3.05) is 0 Å². The number of carboxylic acid groups (broad SMARTS) is 1. The van der Waals surface area contributed by atoms with Gasteiger partial charge >= 0.3 is 5.97 Å². The maximum atomic E-state index is 10.9. The summed E-state index contributed by atoms with van der Waals surface area (Å²) in [5.74, 6) is -1.54. The average molecular weight is 241 g/mol. The zero-order valence-corrected chi connectivity index (χ0v) is 8.56. The molecule has 0 atom stereocenters. The molecule has 0 unspecified atom stereocenters. The summed E-state index contributed by atoms with van der Waals surface area (Å²) >= 11 is 5.49. The minimum Gasteiger partial charge on any atom is -0.478 e. The Morgan fingerprint density at radius 2 is 2.25 bits per heavy atom. The highest BCUT2D eigenvalue weighted by molar-refractivity contribution is 6.17. The number of nitriles is 1. The van der Waals surface area contributed by atoms with E-state index >= 15 is 0 Å². The third-order valence-electron chi connectivity index (χ3n) is 1.94. The summed E-state index contributed by atoms with van der Waals surface area (Å²) in [6.07, 6.45) is 0. The molecule has 16 heavy (non-hydrogen) atoms. The topological polar surface area (TPSA) is 104 Å². The maximum absolute atomic E-state index is 10.9. The molecule has 0 fully saturated rings. The number of alkyl halides is 1. The molecule has 6 nitrogen and oxygen atoms in total. The highest BCUT2D eigenvalue weighted by atomic mass is 35.5. The van der Waals surface area contributed by atoms with Gasteiger partial charge in [0, 0.05) is 11.9 Å². The summed E-state index contributed by atoms with van der Waals surface area (Å²) in [4.78, 5) is 20.7. The number of rotatable bonds is 3. The molecule has 0 aliphatic carbocycles. The molecule has 0 aliphatic heterocycles. The van der Waals surface area contributed by atoms with Crippen molar-refractivity contribution >= 4 is 23.3 Å². The number of aromatic carboxylic acids is 1. The van der Waals surface area contributed by atoms with Crippen LogP contribution in [0.4, 0.5) is 5.69 Å². The van der Waals surface area contributed by atoms with Crippen LogP contribution in [0.2, 0.25) is 0 Å². The van der Waals surface area contributed by atoms with Crippen LogP contribution < -0.4 is 0 Å². The molecular weight excluding hydrogens is 236 g/mol. The normalized spacial score (nSPS) is 9.50. The van der Waals surface area contributed by atoms with Gasteiger partial charge in [0.1, 0.15) is 11.6 Å². The number of nitro groups is 1. The predicted molar refractivity (Wildman–Crippen MR) is 54.3 cm³/mol. The third-order valence-corrected chi connectivity index (χ3v) is 2.22. The Morgan fingerprint density at radius 3 is 2.62 bits per heavy atom. The van der Waals surface area contributed by atoms with Crippen molar-refractivity contribution < 1.29 is 14.8 Å². The van der Waals surface area contributed by atoms with E-state index in [2.05, 4.69) is 0 Å². The van der Waals surface area contributed by atoms with Crippen molar-refractivity contribution in [3.8, 4) is 6.07 Å². The molecule has 82 valence electrons. The number of carbonyl (C=O) groups is 1. The zero-order chi connectivity index (χ0) is 12.3. The standard InChI is InChI=1S/C9H5ClN2O4/c10-3-5-1-2-7(12(15)16)6(4-11)8(5)9(13)14/h1-2H,3H2,(H,13,14). The SMILES string of the molecule is N#Cc1c([N+](=O)[O-])ccc(CCl)c1C(=O)O. The first-order valence-electron chi connectivity index (χ1n) is 4.02. The summed E-state index contributed by atoms with van der Waals surface area (Å²) in [6.45, 7) is 0. The summed E-state index contributed by atoms with van der Waals surface area (Å²) in [7, 11) is 0. The van der Waals surface area contributed by atoms with Gasteiger partial charge in [0.25, 0.3) is 5.69 Å². The molecule has 0 aromatic heterocycles. The molecule has 7 heteroatoms. The van der Waals surface area contributed by atoms with Gasteiger partial charge < -0.3 is 5.11 Å². The monoisotopic (exact) mass is 240 g/mol. The molecule has 1 aromatic rings. The lowest BCUT2D eigenvalue weighted by atomic mass is 10.0. The second-order valence-electron chi connectivity index (χ2n) is 2.80. The number of benzene rings is 1. The van der Waals surface area contributed by atoms with E-state index in [4.69, 9.17) is 22.0 Å². The molecule has 1 N–H and O–H groups in total. The number of hydrogen-bond acceptors (Lipinski definition) is 4. The Hall–Kier alpha value is -2.13. The number of nitro benzene ring substituents is 1. The van der Waals surface area contributed by atoms with Gasteiger partial charge in [0.2, 0.25) is 0 Å². The first-order chi connectivity index (χ1) is 7.52. The highest BCUT2D eigenvalue weighted by Gasteiger charge is 2.24. The summed E-state index contributed by atoms with van der Waals surface area (Å²) in [6, 6.07) is 3.82. The largest absolute Gasteiger partial charge is 0.478 e. The highest BCUT2D eigenvalue weighted by Crippen LogP contribution is 2.25. The molecule has 0 saturated carbocycles. The van der Waals surface area contributed by atoms with Crippen molar-refractivity contribution in [1.29, 1.82) is 5.26 Å². The fourth-order valence-electron chi connectivity index (χ4n) is 1.26. The Morgan fingerprint density at radius 1 is 1.62 bits per heavy atom. The molecule has 0 amide bonds. The van der Waals surface area contributed by atoms with Crippen LogP contribution in [0.15, 0.2) is 12.1 Å². The fourth-order valence-corrected chi connectivity index (χ4v) is 1.48. The summed E-state index contributed by atoms with van der Waals surface area (Å²) in [5.41, 5.74) is -1.24. The van der Waals surface area contributed by atoms with E-state index in [-0.39, 0.29) is 11.4 Å². The van der Waals surface area contributed by atoms with E-state index in [1.807, 2.05) is 0 Å². The lowest BCUT2D eigenvalue weighted by molar-refractivity contribution is -0.385. The van der Waals surface area contributed by atoms with Crippen LogP contribution in [0.25, 0.3) is 0 Å². The van der Waals surface area contributed by atoms with E-state index < -0.39 is 27.7 Å². The van der Waals surface area contributed by atoms with Gasteiger partial charge in [-0.05, 0) is 5.56 Å². The van der Waals surface area contributed by atoms with Gasteiger partial charge in [-0.3, -0.25) is 10.1 Å². The van der Waals surface area contributed by atoms with Gasteiger partial charge in [-0.25, -0.2) is 4.79 Å². The Labute approximate surface area is 94.8 Å². The van der Waals surface area contributed by atoms with Crippen LogP contribution in [0.5, 0.6) is 0 Å². The van der Waals surface area contributed by atoms with E-state index in [1.165, 1.54) is 12.1 Å². The van der Waals surface area contributed by atoms with Crippen molar-refractivity contribution in [3.05, 3.63) is 38.9 Å². The van der Waals surface area contributed by atoms with E-state index in [1.54, 1.807) is 0 Å². The molecular formula is C9H5ClN2O4. The molecule has 0 saturated heterocycles. The predicted octanol–water partition coefficient (Wildman–Crippen LogP) is 1.90. The minimum atomic E-state index is -1.41. The molecule has 1 rings (SSSR count). The molecule has 1 aromatic carbocycles. The van der Waals surface area contributed by atoms with Crippen molar-refractivity contribution in [2.45, 2.75) is 5.88 Å². The first-order valence-corrected chi connectivity index (χ1v) is 4.56. The molecule has 0 aliphatic rings. The van der Waals surface area contributed by atoms with Crippen molar-refractivity contribution in [2.24, 2.45) is 0 Å². The van der Waals surface area contributed by atoms with Crippen LogP contribution in [0, 0.1) is 21.4 Å². The smallest absolute Gasteiger partial charge is 0.337 e. The van der Waals surface area contributed by atoms with Crippen LogP contribution >= 0.6 is 11.6 Å². The first kappa shape index (κ1) is 11.9. The van der Waals surface area contributed by atoms with Gasteiger partial charge in [0.05, 0.1) is 10.5 Å². The van der Waals surface area contributed by atoms with E-state index in [9.17, 15) is 14.9 Å². The molecule has 0 heterocycles.